The average molecular weight is 222 g/mol. The molecule has 16 heavy (non-hydrogen) atoms. The number of carbonyl (C=O) groups excluding carboxylic acids is 1. The Bertz CT molecular complexity index is 396. The highest BCUT2D eigenvalue weighted by molar-refractivity contribution is 5.87. The van der Waals surface area contributed by atoms with Crippen LogP contribution in [0.15, 0.2) is 18.2 Å². The largest absolute Gasteiger partial charge is 0.504 e. The van der Waals surface area contributed by atoms with Crippen LogP contribution in [0, 0.1) is 0 Å². The summed E-state index contributed by atoms with van der Waals surface area (Å²) < 4.78 is 4.90. The van der Waals surface area contributed by atoms with Gasteiger partial charge in [0.15, 0.2) is 17.8 Å². The highest BCUT2D eigenvalue weighted by Crippen LogP contribution is 2.31. The molecule has 0 aromatic heterocycles. The fraction of sp³-hybridized carbons (Fsp3) is 0.250. The van der Waals surface area contributed by atoms with Crippen molar-refractivity contribution < 1.29 is 19.7 Å². The maximum absolute atomic E-state index is 10.9. The maximum atomic E-state index is 10.9. The summed E-state index contributed by atoms with van der Waals surface area (Å²) in [5.74, 6) is 0.102. The van der Waals surface area contributed by atoms with Crippen LogP contribution in [0.1, 0.15) is 22.3 Å². The van der Waals surface area contributed by atoms with Crippen LogP contribution in [0.2, 0.25) is 0 Å². The smallest absolute Gasteiger partial charge is 0.168 e. The van der Waals surface area contributed by atoms with Crippen molar-refractivity contribution in [1.29, 1.82) is 0 Å². The Morgan fingerprint density at radius 3 is 2.75 bits per heavy atom. The summed E-state index contributed by atoms with van der Waals surface area (Å²) in [5.41, 5.74) is 0.787. The van der Waals surface area contributed by atoms with Crippen molar-refractivity contribution in [2.45, 2.75) is 6.42 Å². The van der Waals surface area contributed by atoms with Gasteiger partial charge in [-0.3, -0.25) is 4.79 Å². The van der Waals surface area contributed by atoms with Crippen molar-refractivity contribution in [3.63, 3.8) is 0 Å². The van der Waals surface area contributed by atoms with E-state index in [1.807, 2.05) is 0 Å². The number of rotatable bonds is 5. The third-order valence-electron chi connectivity index (χ3n) is 2.14. The molecule has 2 N–H and O–H groups in total. The van der Waals surface area contributed by atoms with Gasteiger partial charge in [-0.25, -0.2) is 0 Å². The Hall–Kier alpha value is -1.81. The quantitative estimate of drug-likeness (QED) is 0.743. The van der Waals surface area contributed by atoms with Crippen LogP contribution in [-0.2, 0) is 0 Å². The number of phenols is 1. The maximum Gasteiger partial charge on any atom is 0.168 e. The number of methoxy groups -OCH3 is 1. The van der Waals surface area contributed by atoms with Crippen molar-refractivity contribution in [3.8, 4) is 11.5 Å². The van der Waals surface area contributed by atoms with Crippen LogP contribution in [0.4, 0.5) is 0 Å². The molecule has 1 aromatic carbocycles. The van der Waals surface area contributed by atoms with E-state index in [1.54, 1.807) is 24.3 Å². The minimum atomic E-state index is -0.163. The molecule has 0 aliphatic rings. The molecule has 1 aromatic rings. The average Bonchev–Trinajstić information content (AvgIpc) is 2.30. The minimum absolute atomic E-state index is 0.0507. The summed E-state index contributed by atoms with van der Waals surface area (Å²) in [6, 6.07) is 3.26. The lowest BCUT2D eigenvalue weighted by molar-refractivity contribution is 0.112. The fourth-order valence-corrected chi connectivity index (χ4v) is 1.32. The first kappa shape index (κ1) is 12.3. The van der Waals surface area contributed by atoms with Gasteiger partial charge in [-0.2, -0.15) is 0 Å². The normalized spacial score (nSPS) is 10.6. The van der Waals surface area contributed by atoms with Crippen molar-refractivity contribution >= 4 is 12.4 Å². The van der Waals surface area contributed by atoms with Gasteiger partial charge in [0, 0.05) is 6.61 Å². The van der Waals surface area contributed by atoms with Gasteiger partial charge in [-0.1, -0.05) is 18.2 Å². The van der Waals surface area contributed by atoms with Crippen LogP contribution in [0.3, 0.4) is 0 Å². The molecule has 0 aliphatic heterocycles. The van der Waals surface area contributed by atoms with Gasteiger partial charge in [0.1, 0.15) is 0 Å². The number of aldehydes is 1. The number of carbonyl (C=O) groups is 1. The van der Waals surface area contributed by atoms with Crippen LogP contribution in [0.25, 0.3) is 6.08 Å². The zero-order valence-corrected chi connectivity index (χ0v) is 9.01. The molecule has 0 amide bonds. The Labute approximate surface area is 93.8 Å². The number of hydrogen-bond acceptors (Lipinski definition) is 4. The molecule has 4 heteroatoms. The van der Waals surface area contributed by atoms with E-state index in [0.29, 0.717) is 18.3 Å². The summed E-state index contributed by atoms with van der Waals surface area (Å²) in [7, 11) is 1.42. The predicted octanol–water partition coefficient (Wildman–Crippen LogP) is 1.61. The molecular formula is C12H14O4. The summed E-state index contributed by atoms with van der Waals surface area (Å²) in [4.78, 5) is 10.9. The van der Waals surface area contributed by atoms with E-state index in [9.17, 15) is 9.90 Å². The van der Waals surface area contributed by atoms with E-state index in [1.165, 1.54) is 7.11 Å². The minimum Gasteiger partial charge on any atom is -0.504 e. The molecule has 0 saturated carbocycles. The third kappa shape index (κ3) is 2.61. The standard InChI is InChI=1S/C12H14O4/c1-16-11-6-5-9(4-2-3-7-13)10(8-14)12(11)15/h2,4-6,8,13,15H,3,7H2,1H3. The van der Waals surface area contributed by atoms with Gasteiger partial charge < -0.3 is 14.9 Å². The lowest BCUT2D eigenvalue weighted by Gasteiger charge is -2.07. The number of benzene rings is 1. The lowest BCUT2D eigenvalue weighted by Crippen LogP contribution is -1.92. The van der Waals surface area contributed by atoms with Crippen LogP contribution in [-0.4, -0.2) is 30.2 Å². The van der Waals surface area contributed by atoms with E-state index in [2.05, 4.69) is 0 Å². The molecule has 0 aliphatic carbocycles. The molecule has 4 nitrogen and oxygen atoms in total. The van der Waals surface area contributed by atoms with Crippen LogP contribution in [0.5, 0.6) is 11.5 Å². The molecule has 0 bridgehead atoms. The second-order valence-corrected chi connectivity index (χ2v) is 3.15. The van der Waals surface area contributed by atoms with Crippen LogP contribution >= 0.6 is 0 Å². The van der Waals surface area contributed by atoms with E-state index in [0.717, 1.165) is 0 Å². The summed E-state index contributed by atoms with van der Waals surface area (Å²) in [6.07, 6.45) is 4.49. The first-order valence-electron chi connectivity index (χ1n) is 4.87. The summed E-state index contributed by atoms with van der Waals surface area (Å²) >= 11 is 0. The van der Waals surface area contributed by atoms with Crippen molar-refractivity contribution in [3.05, 3.63) is 29.3 Å². The van der Waals surface area contributed by atoms with Crippen molar-refractivity contribution in [2.75, 3.05) is 13.7 Å². The summed E-state index contributed by atoms with van der Waals surface area (Å²) in [5, 5.41) is 18.3. The van der Waals surface area contributed by atoms with E-state index >= 15 is 0 Å². The zero-order valence-electron chi connectivity index (χ0n) is 9.01. The fourth-order valence-electron chi connectivity index (χ4n) is 1.32. The monoisotopic (exact) mass is 222 g/mol. The van der Waals surface area contributed by atoms with Crippen LogP contribution < -0.4 is 4.74 Å². The number of aliphatic hydroxyl groups excluding tert-OH is 1. The highest BCUT2D eigenvalue weighted by atomic mass is 16.5. The molecule has 0 spiro atoms. The summed E-state index contributed by atoms with van der Waals surface area (Å²) in [6.45, 7) is 0.0507. The molecule has 1 rings (SSSR count). The van der Waals surface area contributed by atoms with Crippen molar-refractivity contribution in [2.24, 2.45) is 0 Å². The molecule has 0 atom stereocenters. The number of hydrogen-bond donors (Lipinski definition) is 2. The number of aromatic hydroxyl groups is 1. The Morgan fingerprint density at radius 2 is 2.19 bits per heavy atom. The second-order valence-electron chi connectivity index (χ2n) is 3.15. The van der Waals surface area contributed by atoms with Gasteiger partial charge in [-0.15, -0.1) is 0 Å². The van der Waals surface area contributed by atoms with E-state index < -0.39 is 0 Å². The predicted molar refractivity (Wildman–Crippen MR) is 60.8 cm³/mol. The van der Waals surface area contributed by atoms with Crippen molar-refractivity contribution in [1.82, 2.24) is 0 Å². The zero-order chi connectivity index (χ0) is 12.0. The number of phenolic OH excluding ortho intramolecular Hbond substituents is 1. The van der Waals surface area contributed by atoms with Gasteiger partial charge in [0.2, 0.25) is 0 Å². The molecule has 0 heterocycles. The number of ether oxygens (including phenoxy) is 1. The molecule has 86 valence electrons. The molecular weight excluding hydrogens is 208 g/mol. The Kier molecular flexibility index (Phi) is 4.54. The van der Waals surface area contributed by atoms with Gasteiger partial charge in [-0.05, 0) is 18.1 Å². The number of aliphatic hydroxyl groups is 1. The Balaban J connectivity index is 3.10. The first-order valence-corrected chi connectivity index (χ1v) is 4.87. The molecule has 0 unspecified atom stereocenters. The highest BCUT2D eigenvalue weighted by Gasteiger charge is 2.10. The molecule has 0 saturated heterocycles. The van der Waals surface area contributed by atoms with Gasteiger partial charge in [0.25, 0.3) is 0 Å². The van der Waals surface area contributed by atoms with Gasteiger partial charge >= 0.3 is 0 Å². The van der Waals surface area contributed by atoms with E-state index in [-0.39, 0.29) is 23.7 Å². The lowest BCUT2D eigenvalue weighted by atomic mass is 10.1. The second kappa shape index (κ2) is 5.92. The topological polar surface area (TPSA) is 66.8 Å². The molecule has 0 radical (unpaired) electrons. The SMILES string of the molecule is COc1ccc(C=CCCO)c(C=O)c1O. The van der Waals surface area contributed by atoms with Gasteiger partial charge in [0.05, 0.1) is 12.7 Å². The van der Waals surface area contributed by atoms with E-state index in [4.69, 9.17) is 9.84 Å². The third-order valence-corrected chi connectivity index (χ3v) is 2.14. The molecule has 0 fully saturated rings. The first-order chi connectivity index (χ1) is 7.74. The Morgan fingerprint density at radius 1 is 1.44 bits per heavy atom.